The van der Waals surface area contributed by atoms with E-state index in [2.05, 4.69) is 14.9 Å². The number of para-hydroxylation sites is 1. The number of piperidine rings is 2. The van der Waals surface area contributed by atoms with Crippen LogP contribution in [0.2, 0.25) is 5.15 Å². The van der Waals surface area contributed by atoms with Crippen molar-refractivity contribution in [1.82, 2.24) is 14.9 Å². The Morgan fingerprint density at radius 2 is 1.90 bits per heavy atom. The third kappa shape index (κ3) is 3.55. The van der Waals surface area contributed by atoms with Gasteiger partial charge < -0.3 is 19.3 Å². The number of fused-ring (bicyclic) bond motifs is 1. The Kier molecular flexibility index (Phi) is 5.15. The van der Waals surface area contributed by atoms with Crippen molar-refractivity contribution in [3.05, 3.63) is 41.2 Å². The number of carbonyl (C=O) groups excluding carboxylic acids is 1. The average molecular weight is 429 g/mol. The summed E-state index contributed by atoms with van der Waals surface area (Å²) >= 11 is 6.02. The number of rotatable bonds is 3. The Labute approximate surface area is 181 Å². The molecule has 0 saturated carbocycles. The summed E-state index contributed by atoms with van der Waals surface area (Å²) in [5.74, 6) is 2.46. The van der Waals surface area contributed by atoms with Gasteiger partial charge in [-0.25, -0.2) is 9.97 Å². The van der Waals surface area contributed by atoms with Crippen LogP contribution in [0, 0.1) is 5.41 Å². The first-order chi connectivity index (χ1) is 14.6. The van der Waals surface area contributed by atoms with Crippen molar-refractivity contribution in [2.24, 2.45) is 5.41 Å². The van der Waals surface area contributed by atoms with E-state index in [0.717, 1.165) is 62.4 Å². The zero-order valence-corrected chi connectivity index (χ0v) is 17.6. The number of anilines is 1. The quantitative estimate of drug-likeness (QED) is 0.699. The highest BCUT2D eigenvalue weighted by Gasteiger charge is 2.46. The Bertz CT molecular complexity index is 946. The fourth-order valence-corrected chi connectivity index (χ4v) is 4.98. The molecule has 0 radical (unpaired) electrons. The van der Waals surface area contributed by atoms with Crippen LogP contribution in [0.5, 0.6) is 11.5 Å². The number of amides is 1. The second kappa shape index (κ2) is 7.95. The molecule has 2 fully saturated rings. The first-order valence-electron chi connectivity index (χ1n) is 10.6. The molecule has 2 saturated heterocycles. The van der Waals surface area contributed by atoms with Crippen LogP contribution in [0.4, 0.5) is 5.95 Å². The minimum atomic E-state index is -0.292. The van der Waals surface area contributed by atoms with E-state index in [1.54, 1.807) is 12.3 Å². The summed E-state index contributed by atoms with van der Waals surface area (Å²) in [6.45, 7) is 3.98. The molecule has 0 unspecified atom stereocenters. The maximum atomic E-state index is 13.6. The van der Waals surface area contributed by atoms with Crippen LogP contribution in [-0.2, 0) is 11.3 Å². The highest BCUT2D eigenvalue weighted by Crippen LogP contribution is 2.43. The van der Waals surface area contributed by atoms with Crippen LogP contribution in [0.1, 0.15) is 31.2 Å². The first kappa shape index (κ1) is 19.4. The van der Waals surface area contributed by atoms with Crippen molar-refractivity contribution in [1.29, 1.82) is 0 Å². The molecule has 0 bridgehead atoms. The summed E-state index contributed by atoms with van der Waals surface area (Å²) in [6, 6.07) is 7.60. The summed E-state index contributed by atoms with van der Waals surface area (Å²) in [7, 11) is 0. The predicted molar refractivity (Wildman–Crippen MR) is 113 cm³/mol. The standard InChI is InChI=1S/C22H25ClN4O3/c23-18-5-9-24-21(25-18)26-11-7-22(8-12-26)6-2-10-27(20(22)28)15-16-3-1-4-17-19(16)30-14-13-29-17/h1,3-5,9H,2,6-8,10-15H2. The lowest BCUT2D eigenvalue weighted by Crippen LogP contribution is -2.53. The molecule has 158 valence electrons. The van der Waals surface area contributed by atoms with E-state index in [1.165, 1.54) is 0 Å². The van der Waals surface area contributed by atoms with E-state index in [0.29, 0.717) is 30.9 Å². The molecule has 2 aromatic rings. The lowest BCUT2D eigenvalue weighted by Gasteiger charge is -2.46. The molecule has 7 nitrogen and oxygen atoms in total. The van der Waals surface area contributed by atoms with Crippen molar-refractivity contribution in [3.63, 3.8) is 0 Å². The summed E-state index contributed by atoms with van der Waals surface area (Å²) in [5, 5.41) is 0.442. The molecule has 30 heavy (non-hydrogen) atoms. The Hall–Kier alpha value is -2.54. The van der Waals surface area contributed by atoms with Crippen molar-refractivity contribution < 1.29 is 14.3 Å². The van der Waals surface area contributed by atoms with E-state index in [-0.39, 0.29) is 11.3 Å². The third-order valence-electron chi connectivity index (χ3n) is 6.45. The monoisotopic (exact) mass is 428 g/mol. The fourth-order valence-electron chi connectivity index (χ4n) is 4.85. The van der Waals surface area contributed by atoms with Gasteiger partial charge >= 0.3 is 0 Å². The number of nitrogens with zero attached hydrogens (tertiary/aromatic N) is 4. The molecule has 8 heteroatoms. The first-order valence-corrected chi connectivity index (χ1v) is 10.9. The van der Waals surface area contributed by atoms with Gasteiger partial charge in [-0.05, 0) is 37.8 Å². The van der Waals surface area contributed by atoms with Crippen molar-refractivity contribution >= 4 is 23.5 Å². The molecular weight excluding hydrogens is 404 g/mol. The normalized spacial score (nSPS) is 20.5. The Balaban J connectivity index is 1.30. The van der Waals surface area contributed by atoms with Crippen molar-refractivity contribution in [3.8, 4) is 11.5 Å². The number of benzene rings is 1. The molecule has 3 aliphatic heterocycles. The van der Waals surface area contributed by atoms with Gasteiger partial charge in [-0.1, -0.05) is 23.7 Å². The van der Waals surface area contributed by atoms with Crippen LogP contribution < -0.4 is 14.4 Å². The number of ether oxygens (including phenoxy) is 2. The van der Waals surface area contributed by atoms with Crippen LogP contribution >= 0.6 is 11.6 Å². The van der Waals surface area contributed by atoms with E-state index < -0.39 is 0 Å². The van der Waals surface area contributed by atoms with Crippen LogP contribution in [-0.4, -0.2) is 53.6 Å². The van der Waals surface area contributed by atoms with Gasteiger partial charge in [0.05, 0.1) is 5.41 Å². The lowest BCUT2D eigenvalue weighted by molar-refractivity contribution is -0.148. The maximum Gasteiger partial charge on any atom is 0.229 e. The lowest BCUT2D eigenvalue weighted by atomic mass is 9.71. The fraction of sp³-hybridized carbons (Fsp3) is 0.500. The zero-order chi connectivity index (χ0) is 20.6. The van der Waals surface area contributed by atoms with E-state index in [4.69, 9.17) is 21.1 Å². The second-order valence-electron chi connectivity index (χ2n) is 8.22. The average Bonchev–Trinajstić information content (AvgIpc) is 2.78. The topological polar surface area (TPSA) is 67.8 Å². The van der Waals surface area contributed by atoms with Gasteiger partial charge in [0.2, 0.25) is 11.9 Å². The van der Waals surface area contributed by atoms with Crippen LogP contribution in [0.3, 0.4) is 0 Å². The summed E-state index contributed by atoms with van der Waals surface area (Å²) in [4.78, 5) is 26.3. The molecule has 3 aliphatic rings. The predicted octanol–water partition coefficient (Wildman–Crippen LogP) is 3.31. The number of hydrogen-bond acceptors (Lipinski definition) is 6. The number of hydrogen-bond donors (Lipinski definition) is 0. The molecule has 0 atom stereocenters. The minimum absolute atomic E-state index is 0.259. The molecule has 1 aromatic carbocycles. The molecule has 1 amide bonds. The van der Waals surface area contributed by atoms with E-state index in [9.17, 15) is 4.79 Å². The van der Waals surface area contributed by atoms with Gasteiger partial charge in [0, 0.05) is 37.9 Å². The molecule has 4 heterocycles. The van der Waals surface area contributed by atoms with E-state index >= 15 is 0 Å². The number of halogens is 1. The summed E-state index contributed by atoms with van der Waals surface area (Å²) in [6.07, 6.45) is 5.26. The highest BCUT2D eigenvalue weighted by molar-refractivity contribution is 6.29. The molecule has 0 aliphatic carbocycles. The van der Waals surface area contributed by atoms with Gasteiger partial charge in [-0.2, -0.15) is 0 Å². The second-order valence-corrected chi connectivity index (χ2v) is 8.61. The van der Waals surface area contributed by atoms with Gasteiger partial charge in [-0.15, -0.1) is 0 Å². The molecule has 5 rings (SSSR count). The maximum absolute atomic E-state index is 13.6. The summed E-state index contributed by atoms with van der Waals surface area (Å²) < 4.78 is 11.5. The smallest absolute Gasteiger partial charge is 0.229 e. The van der Waals surface area contributed by atoms with Gasteiger partial charge in [0.15, 0.2) is 11.5 Å². The minimum Gasteiger partial charge on any atom is -0.486 e. The Morgan fingerprint density at radius 1 is 1.07 bits per heavy atom. The number of likely N-dealkylation sites (tertiary alicyclic amines) is 1. The van der Waals surface area contributed by atoms with E-state index in [1.807, 2.05) is 23.1 Å². The third-order valence-corrected chi connectivity index (χ3v) is 6.66. The molecule has 1 spiro atoms. The zero-order valence-electron chi connectivity index (χ0n) is 16.8. The van der Waals surface area contributed by atoms with Gasteiger partial charge in [0.1, 0.15) is 18.4 Å². The largest absolute Gasteiger partial charge is 0.486 e. The van der Waals surface area contributed by atoms with Crippen LogP contribution in [0.15, 0.2) is 30.5 Å². The van der Waals surface area contributed by atoms with Crippen molar-refractivity contribution in [2.45, 2.75) is 32.2 Å². The van der Waals surface area contributed by atoms with Gasteiger partial charge in [0.25, 0.3) is 0 Å². The number of carbonyl (C=O) groups is 1. The molecule has 1 aromatic heterocycles. The summed E-state index contributed by atoms with van der Waals surface area (Å²) in [5.41, 5.74) is 0.724. The number of aromatic nitrogens is 2. The van der Waals surface area contributed by atoms with Crippen LogP contribution in [0.25, 0.3) is 0 Å². The Morgan fingerprint density at radius 3 is 2.73 bits per heavy atom. The SMILES string of the molecule is O=C1N(Cc2cccc3c2OCCO3)CCCC12CCN(c1nccc(Cl)n1)CC2. The molecular formula is C22H25ClN4O3. The highest BCUT2D eigenvalue weighted by atomic mass is 35.5. The van der Waals surface area contributed by atoms with Crippen molar-refractivity contribution in [2.75, 3.05) is 37.7 Å². The molecule has 0 N–H and O–H groups in total. The van der Waals surface area contributed by atoms with Gasteiger partial charge in [-0.3, -0.25) is 4.79 Å².